The molecule has 0 fully saturated rings. The third kappa shape index (κ3) is 6.68. The van der Waals surface area contributed by atoms with E-state index in [-0.39, 0.29) is 11.9 Å². The molecule has 0 unspecified atom stereocenters. The molecule has 0 saturated carbocycles. The Balaban J connectivity index is 2.28. The maximum atomic E-state index is 11.6. The van der Waals surface area contributed by atoms with Crippen molar-refractivity contribution < 1.29 is 9.90 Å². The molecule has 0 aromatic heterocycles. The molecule has 1 amide bonds. The number of nitrogens with one attached hydrogen (secondary N) is 1. The molecular weight excluding hydrogens is 252 g/mol. The van der Waals surface area contributed by atoms with E-state index in [9.17, 15) is 9.90 Å². The monoisotopic (exact) mass is 278 g/mol. The van der Waals surface area contributed by atoms with E-state index in [2.05, 4.69) is 5.32 Å². The van der Waals surface area contributed by atoms with Crippen LogP contribution in [0.5, 0.6) is 0 Å². The van der Waals surface area contributed by atoms with E-state index < -0.39 is 6.10 Å². The van der Waals surface area contributed by atoms with E-state index in [0.29, 0.717) is 31.7 Å². The summed E-state index contributed by atoms with van der Waals surface area (Å²) in [6.45, 7) is 4.76. The highest BCUT2D eigenvalue weighted by Crippen LogP contribution is 2.08. The molecule has 1 aromatic rings. The number of aliphatic hydroxyl groups is 1. The Morgan fingerprint density at radius 2 is 1.95 bits per heavy atom. The first kappa shape index (κ1) is 16.7. The van der Waals surface area contributed by atoms with Crippen LogP contribution in [-0.4, -0.2) is 29.7 Å². The zero-order valence-electron chi connectivity index (χ0n) is 12.4. The Hall–Kier alpha value is -1.39. The van der Waals surface area contributed by atoms with E-state index in [1.165, 1.54) is 0 Å². The van der Waals surface area contributed by atoms with Gasteiger partial charge in [-0.1, -0.05) is 44.2 Å². The minimum atomic E-state index is -0.653. The fraction of sp³-hybridized carbons (Fsp3) is 0.562. The summed E-state index contributed by atoms with van der Waals surface area (Å²) in [6.07, 6.45) is 0.684. The summed E-state index contributed by atoms with van der Waals surface area (Å²) in [7, 11) is 0. The molecule has 20 heavy (non-hydrogen) atoms. The highest BCUT2D eigenvalue weighted by atomic mass is 16.3. The van der Waals surface area contributed by atoms with E-state index in [1.54, 1.807) is 0 Å². The van der Waals surface area contributed by atoms with Crippen molar-refractivity contribution in [3.8, 4) is 0 Å². The summed E-state index contributed by atoms with van der Waals surface area (Å²) >= 11 is 0. The lowest BCUT2D eigenvalue weighted by atomic mass is 9.99. The fourth-order valence-electron chi connectivity index (χ4n) is 1.92. The lowest BCUT2D eigenvalue weighted by Crippen LogP contribution is -2.38. The number of rotatable bonds is 8. The Morgan fingerprint density at radius 3 is 2.55 bits per heavy atom. The van der Waals surface area contributed by atoms with Crippen LogP contribution in [0.4, 0.5) is 0 Å². The molecule has 4 nitrogen and oxygen atoms in total. The molecule has 0 aliphatic heterocycles. The zero-order chi connectivity index (χ0) is 15.0. The van der Waals surface area contributed by atoms with Gasteiger partial charge in [0.05, 0.1) is 6.10 Å². The molecule has 0 saturated heterocycles. The molecule has 0 heterocycles. The molecule has 1 rings (SSSR count). The van der Waals surface area contributed by atoms with Gasteiger partial charge in [0.2, 0.25) is 5.91 Å². The van der Waals surface area contributed by atoms with Crippen molar-refractivity contribution in [3.63, 3.8) is 0 Å². The van der Waals surface area contributed by atoms with E-state index >= 15 is 0 Å². The molecule has 2 atom stereocenters. The maximum absolute atomic E-state index is 11.6. The Kier molecular flexibility index (Phi) is 7.26. The van der Waals surface area contributed by atoms with Crippen LogP contribution in [0.3, 0.4) is 0 Å². The van der Waals surface area contributed by atoms with Gasteiger partial charge >= 0.3 is 0 Å². The second-order valence-electron chi connectivity index (χ2n) is 5.66. The minimum absolute atomic E-state index is 0.0235. The number of amides is 1. The average molecular weight is 278 g/mol. The third-order valence-electron chi connectivity index (χ3n) is 3.18. The normalized spacial score (nSPS) is 14.1. The minimum Gasteiger partial charge on any atom is -0.391 e. The number of carbonyl (C=O) groups is 1. The molecule has 0 aliphatic carbocycles. The van der Waals surface area contributed by atoms with Gasteiger partial charge in [-0.3, -0.25) is 4.79 Å². The molecule has 0 bridgehead atoms. The van der Waals surface area contributed by atoms with Crippen LogP contribution in [0.1, 0.15) is 32.3 Å². The molecular formula is C16H26N2O2. The van der Waals surface area contributed by atoms with Crippen LogP contribution in [0.25, 0.3) is 0 Å². The van der Waals surface area contributed by atoms with Gasteiger partial charge < -0.3 is 16.2 Å². The first-order valence-electron chi connectivity index (χ1n) is 7.23. The summed E-state index contributed by atoms with van der Waals surface area (Å²) in [5.41, 5.74) is 7.08. The Morgan fingerprint density at radius 1 is 1.30 bits per heavy atom. The Labute approximate surface area is 121 Å². The van der Waals surface area contributed by atoms with Crippen LogP contribution < -0.4 is 11.1 Å². The number of nitrogens with two attached hydrogens (primary N) is 1. The number of carbonyl (C=O) groups excluding carboxylic acids is 1. The summed E-state index contributed by atoms with van der Waals surface area (Å²) in [5.74, 6) is 0.411. The molecule has 112 valence electrons. The van der Waals surface area contributed by atoms with Crippen molar-refractivity contribution in [3.05, 3.63) is 35.9 Å². The molecule has 0 radical (unpaired) electrons. The molecule has 4 heteroatoms. The van der Waals surface area contributed by atoms with E-state index in [0.717, 1.165) is 5.56 Å². The Bertz CT molecular complexity index is 393. The summed E-state index contributed by atoms with van der Waals surface area (Å²) in [4.78, 5) is 11.6. The number of benzene rings is 1. The highest BCUT2D eigenvalue weighted by Gasteiger charge is 2.16. The predicted octanol–water partition coefficient (Wildman–Crippen LogP) is 1.47. The predicted molar refractivity (Wildman–Crippen MR) is 81.2 cm³/mol. The second kappa shape index (κ2) is 8.72. The SMILES string of the molecule is CC(C)CNC(=O)CC[C@H](O)[C@@H](N)Cc1ccccc1. The zero-order valence-corrected chi connectivity index (χ0v) is 12.4. The maximum Gasteiger partial charge on any atom is 0.220 e. The van der Waals surface area contributed by atoms with Crippen molar-refractivity contribution in [2.24, 2.45) is 11.7 Å². The van der Waals surface area contributed by atoms with Crippen molar-refractivity contribution in [1.82, 2.24) is 5.32 Å². The van der Waals surface area contributed by atoms with Gasteiger partial charge in [0.25, 0.3) is 0 Å². The van der Waals surface area contributed by atoms with Crippen LogP contribution in [0.2, 0.25) is 0 Å². The lowest BCUT2D eigenvalue weighted by molar-refractivity contribution is -0.121. The summed E-state index contributed by atoms with van der Waals surface area (Å²) in [5, 5.41) is 12.8. The van der Waals surface area contributed by atoms with Gasteiger partial charge in [0.15, 0.2) is 0 Å². The largest absolute Gasteiger partial charge is 0.391 e. The van der Waals surface area contributed by atoms with E-state index in [1.807, 2.05) is 44.2 Å². The second-order valence-corrected chi connectivity index (χ2v) is 5.66. The van der Waals surface area contributed by atoms with Crippen molar-refractivity contribution in [2.45, 2.75) is 45.3 Å². The molecule has 0 aliphatic rings. The van der Waals surface area contributed by atoms with Crippen molar-refractivity contribution >= 4 is 5.91 Å². The standard InChI is InChI=1S/C16H26N2O2/c1-12(2)11-18-16(20)9-8-15(19)14(17)10-13-6-4-3-5-7-13/h3-7,12,14-15,19H,8-11,17H2,1-2H3,(H,18,20)/t14-,15-/m0/s1. The fourth-order valence-corrected chi connectivity index (χ4v) is 1.92. The quantitative estimate of drug-likeness (QED) is 0.674. The van der Waals surface area contributed by atoms with Gasteiger partial charge in [-0.2, -0.15) is 0 Å². The molecule has 0 spiro atoms. The van der Waals surface area contributed by atoms with Gasteiger partial charge in [0.1, 0.15) is 0 Å². The molecule has 1 aromatic carbocycles. The first-order chi connectivity index (χ1) is 9.49. The highest BCUT2D eigenvalue weighted by molar-refractivity contribution is 5.75. The summed E-state index contributed by atoms with van der Waals surface area (Å²) < 4.78 is 0. The smallest absolute Gasteiger partial charge is 0.220 e. The summed E-state index contributed by atoms with van der Waals surface area (Å²) in [6, 6.07) is 9.49. The van der Waals surface area contributed by atoms with Gasteiger partial charge in [-0.25, -0.2) is 0 Å². The molecule has 4 N–H and O–H groups in total. The van der Waals surface area contributed by atoms with Crippen LogP contribution in [-0.2, 0) is 11.2 Å². The van der Waals surface area contributed by atoms with Crippen molar-refractivity contribution in [1.29, 1.82) is 0 Å². The lowest BCUT2D eigenvalue weighted by Gasteiger charge is -2.19. The van der Waals surface area contributed by atoms with Gasteiger partial charge in [-0.05, 0) is 24.3 Å². The third-order valence-corrected chi connectivity index (χ3v) is 3.18. The van der Waals surface area contributed by atoms with Crippen LogP contribution in [0.15, 0.2) is 30.3 Å². The number of hydrogen-bond acceptors (Lipinski definition) is 3. The van der Waals surface area contributed by atoms with Crippen LogP contribution >= 0.6 is 0 Å². The number of aliphatic hydroxyl groups excluding tert-OH is 1. The first-order valence-corrected chi connectivity index (χ1v) is 7.23. The van der Waals surface area contributed by atoms with E-state index in [4.69, 9.17) is 5.73 Å². The van der Waals surface area contributed by atoms with Crippen LogP contribution in [0, 0.1) is 5.92 Å². The topological polar surface area (TPSA) is 75.3 Å². The number of hydrogen-bond donors (Lipinski definition) is 3. The van der Waals surface area contributed by atoms with Gasteiger partial charge in [-0.15, -0.1) is 0 Å². The van der Waals surface area contributed by atoms with Gasteiger partial charge in [0, 0.05) is 19.0 Å². The average Bonchev–Trinajstić information content (AvgIpc) is 2.43. The van der Waals surface area contributed by atoms with Crippen molar-refractivity contribution in [2.75, 3.05) is 6.54 Å².